The normalized spacial score (nSPS) is 16.7. The summed E-state index contributed by atoms with van der Waals surface area (Å²) in [4.78, 5) is 12.6. The number of halogens is 1. The van der Waals surface area contributed by atoms with Gasteiger partial charge >= 0.3 is 0 Å². The zero-order valence-corrected chi connectivity index (χ0v) is 16.0. The van der Waals surface area contributed by atoms with Crippen LogP contribution in [0.4, 0.5) is 0 Å². The monoisotopic (exact) mass is 392 g/mol. The molecule has 0 radical (unpaired) electrons. The van der Waals surface area contributed by atoms with Gasteiger partial charge in [-0.05, 0) is 25.0 Å². The van der Waals surface area contributed by atoms with Gasteiger partial charge in [0.2, 0.25) is 0 Å². The minimum absolute atomic E-state index is 0.0220. The SMILES string of the molecule is O=C(NCC1(O)CCCCCC1)c1cc(-c2cc(CCO)on2)ccc1Cl. The third-order valence-electron chi connectivity index (χ3n) is 5.04. The number of hydrogen-bond donors (Lipinski definition) is 3. The molecule has 1 amide bonds. The Kier molecular flexibility index (Phi) is 6.52. The third-order valence-corrected chi connectivity index (χ3v) is 5.37. The van der Waals surface area contributed by atoms with Crippen molar-refractivity contribution in [3.8, 4) is 11.3 Å². The van der Waals surface area contributed by atoms with Crippen molar-refractivity contribution in [3.05, 3.63) is 40.6 Å². The summed E-state index contributed by atoms with van der Waals surface area (Å²) in [7, 11) is 0. The maximum absolute atomic E-state index is 12.6. The van der Waals surface area contributed by atoms with E-state index in [1.54, 1.807) is 24.3 Å². The van der Waals surface area contributed by atoms with Gasteiger partial charge in [-0.25, -0.2) is 0 Å². The molecule has 1 aliphatic rings. The van der Waals surface area contributed by atoms with Crippen LogP contribution >= 0.6 is 11.6 Å². The highest BCUT2D eigenvalue weighted by atomic mass is 35.5. The fraction of sp³-hybridized carbons (Fsp3) is 0.500. The van der Waals surface area contributed by atoms with Crippen molar-refractivity contribution in [2.24, 2.45) is 0 Å². The number of aliphatic hydroxyl groups excluding tert-OH is 1. The average Bonchev–Trinajstić information content (AvgIpc) is 3.01. The van der Waals surface area contributed by atoms with Crippen LogP contribution < -0.4 is 5.32 Å². The summed E-state index contributed by atoms with van der Waals surface area (Å²) in [6, 6.07) is 6.80. The molecule has 0 aliphatic heterocycles. The van der Waals surface area contributed by atoms with E-state index >= 15 is 0 Å². The van der Waals surface area contributed by atoms with Gasteiger partial charge in [0, 0.05) is 24.6 Å². The average molecular weight is 393 g/mol. The quantitative estimate of drug-likeness (QED) is 0.655. The molecule has 27 heavy (non-hydrogen) atoms. The Balaban J connectivity index is 1.72. The molecule has 146 valence electrons. The summed E-state index contributed by atoms with van der Waals surface area (Å²) < 4.78 is 5.17. The number of hydrogen-bond acceptors (Lipinski definition) is 5. The van der Waals surface area contributed by atoms with Gasteiger partial charge in [-0.15, -0.1) is 0 Å². The third kappa shape index (κ3) is 5.09. The number of carbonyl (C=O) groups excluding carboxylic acids is 1. The van der Waals surface area contributed by atoms with Crippen molar-refractivity contribution in [3.63, 3.8) is 0 Å². The van der Waals surface area contributed by atoms with Crippen LogP contribution in [0.2, 0.25) is 5.02 Å². The Hall–Kier alpha value is -1.89. The van der Waals surface area contributed by atoms with E-state index in [-0.39, 0.29) is 19.1 Å². The molecule has 3 N–H and O–H groups in total. The van der Waals surface area contributed by atoms with Crippen LogP contribution in [0.1, 0.15) is 54.6 Å². The second-order valence-corrected chi connectivity index (χ2v) is 7.58. The molecule has 1 aromatic heterocycles. The van der Waals surface area contributed by atoms with Gasteiger partial charge in [0.25, 0.3) is 5.91 Å². The van der Waals surface area contributed by atoms with Gasteiger partial charge in [0.05, 0.1) is 22.8 Å². The molecule has 1 aromatic carbocycles. The molecule has 1 fully saturated rings. The van der Waals surface area contributed by atoms with Crippen LogP contribution in [0.25, 0.3) is 11.3 Å². The number of rotatable bonds is 6. The van der Waals surface area contributed by atoms with Crippen LogP contribution in [0.3, 0.4) is 0 Å². The van der Waals surface area contributed by atoms with Crippen molar-refractivity contribution in [2.75, 3.05) is 13.2 Å². The van der Waals surface area contributed by atoms with E-state index in [4.69, 9.17) is 21.2 Å². The van der Waals surface area contributed by atoms with E-state index in [1.807, 2.05) is 0 Å². The van der Waals surface area contributed by atoms with Gasteiger partial charge in [-0.3, -0.25) is 4.79 Å². The van der Waals surface area contributed by atoms with Crippen molar-refractivity contribution >= 4 is 17.5 Å². The van der Waals surface area contributed by atoms with Gasteiger partial charge in [0.15, 0.2) is 0 Å². The van der Waals surface area contributed by atoms with Gasteiger partial charge in [-0.2, -0.15) is 0 Å². The van der Waals surface area contributed by atoms with E-state index in [0.29, 0.717) is 46.9 Å². The smallest absolute Gasteiger partial charge is 0.252 e. The Morgan fingerprint density at radius 2 is 1.96 bits per heavy atom. The van der Waals surface area contributed by atoms with Crippen LogP contribution in [0, 0.1) is 0 Å². The maximum atomic E-state index is 12.6. The Bertz CT molecular complexity index is 782. The highest BCUT2D eigenvalue weighted by molar-refractivity contribution is 6.34. The summed E-state index contributed by atoms with van der Waals surface area (Å²) in [6.45, 7) is 0.197. The van der Waals surface area contributed by atoms with E-state index in [9.17, 15) is 9.90 Å². The Morgan fingerprint density at radius 3 is 2.67 bits per heavy atom. The van der Waals surface area contributed by atoms with E-state index < -0.39 is 5.60 Å². The Morgan fingerprint density at radius 1 is 1.22 bits per heavy atom. The molecule has 0 spiro atoms. The van der Waals surface area contributed by atoms with Crippen LogP contribution in [-0.4, -0.2) is 40.0 Å². The molecule has 0 atom stereocenters. The number of aliphatic hydroxyl groups is 2. The summed E-state index contributed by atoms with van der Waals surface area (Å²) in [5.41, 5.74) is 0.761. The standard InChI is InChI=1S/C20H25ClN2O4/c21-17-6-5-14(18-12-15(7-10-24)27-23-18)11-16(17)19(25)22-13-20(26)8-3-1-2-4-9-20/h5-6,11-12,24,26H,1-4,7-10,13H2,(H,22,25). The minimum Gasteiger partial charge on any atom is -0.396 e. The van der Waals surface area contributed by atoms with Crippen molar-refractivity contribution in [1.29, 1.82) is 0 Å². The summed E-state index contributed by atoms with van der Waals surface area (Å²) >= 11 is 6.22. The second-order valence-electron chi connectivity index (χ2n) is 7.17. The second kappa shape index (κ2) is 8.87. The number of nitrogens with zero attached hydrogens (tertiary/aromatic N) is 1. The molecule has 2 aromatic rings. The predicted molar refractivity (Wildman–Crippen MR) is 103 cm³/mol. The molecule has 0 bridgehead atoms. The lowest BCUT2D eigenvalue weighted by Gasteiger charge is -2.26. The molecule has 1 aliphatic carbocycles. The molecule has 3 rings (SSSR count). The van der Waals surface area contributed by atoms with Crippen LogP contribution in [-0.2, 0) is 6.42 Å². The largest absolute Gasteiger partial charge is 0.396 e. The van der Waals surface area contributed by atoms with E-state index in [2.05, 4.69) is 10.5 Å². The topological polar surface area (TPSA) is 95.6 Å². The lowest BCUT2D eigenvalue weighted by atomic mass is 9.94. The lowest BCUT2D eigenvalue weighted by molar-refractivity contribution is 0.0246. The first-order chi connectivity index (χ1) is 13.0. The Labute approximate surface area is 163 Å². The number of carbonyl (C=O) groups is 1. The number of amides is 1. The van der Waals surface area contributed by atoms with Crippen LogP contribution in [0.5, 0.6) is 0 Å². The maximum Gasteiger partial charge on any atom is 0.252 e. The first-order valence-corrected chi connectivity index (χ1v) is 9.75. The van der Waals surface area contributed by atoms with E-state index in [0.717, 1.165) is 25.7 Å². The summed E-state index contributed by atoms with van der Waals surface area (Å²) in [6.07, 6.45) is 5.99. The van der Waals surface area contributed by atoms with Gasteiger partial charge < -0.3 is 20.1 Å². The molecular weight excluding hydrogens is 368 g/mol. The molecule has 1 saturated carbocycles. The highest BCUT2D eigenvalue weighted by Crippen LogP contribution is 2.28. The zero-order valence-electron chi connectivity index (χ0n) is 15.2. The predicted octanol–water partition coefficient (Wildman–Crippen LogP) is 3.34. The first-order valence-electron chi connectivity index (χ1n) is 9.38. The molecule has 6 nitrogen and oxygen atoms in total. The number of nitrogens with one attached hydrogen (secondary N) is 1. The van der Waals surface area contributed by atoms with E-state index in [1.165, 1.54) is 0 Å². The molecule has 0 unspecified atom stereocenters. The lowest BCUT2D eigenvalue weighted by Crippen LogP contribution is -2.42. The molecule has 0 saturated heterocycles. The van der Waals surface area contributed by atoms with Gasteiger partial charge in [0.1, 0.15) is 11.5 Å². The number of benzene rings is 1. The fourth-order valence-electron chi connectivity index (χ4n) is 3.44. The van der Waals surface area contributed by atoms with Gasteiger partial charge in [-0.1, -0.05) is 48.5 Å². The van der Waals surface area contributed by atoms with Crippen molar-refractivity contribution in [1.82, 2.24) is 10.5 Å². The first kappa shape index (κ1) is 19.9. The highest BCUT2D eigenvalue weighted by Gasteiger charge is 2.28. The number of aromatic nitrogens is 1. The molecule has 1 heterocycles. The van der Waals surface area contributed by atoms with Crippen molar-refractivity contribution < 1.29 is 19.5 Å². The molecule has 7 heteroatoms. The fourth-order valence-corrected chi connectivity index (χ4v) is 3.64. The van der Waals surface area contributed by atoms with Crippen molar-refractivity contribution in [2.45, 2.75) is 50.5 Å². The minimum atomic E-state index is -0.846. The zero-order chi connectivity index (χ0) is 19.3. The molecular formula is C20H25ClN2O4. The summed E-state index contributed by atoms with van der Waals surface area (Å²) in [5, 5.41) is 26.8. The van der Waals surface area contributed by atoms with Crippen LogP contribution in [0.15, 0.2) is 28.8 Å². The summed E-state index contributed by atoms with van der Waals surface area (Å²) in [5.74, 6) is 0.252.